The maximum atomic E-state index is 5.93. The zero-order valence-corrected chi connectivity index (χ0v) is 12.1. The average Bonchev–Trinajstić information content (AvgIpc) is 2.99. The second-order valence-electron chi connectivity index (χ2n) is 5.42. The van der Waals surface area contributed by atoms with Crippen LogP contribution in [0.25, 0.3) is 0 Å². The normalized spacial score (nSPS) is 18.6. The van der Waals surface area contributed by atoms with Gasteiger partial charge in [-0.25, -0.2) is 0 Å². The number of fused-ring (bicyclic) bond motifs is 1. The van der Waals surface area contributed by atoms with Crippen molar-refractivity contribution in [2.75, 3.05) is 6.54 Å². The van der Waals surface area contributed by atoms with Crippen molar-refractivity contribution < 1.29 is 9.26 Å². The smallest absolute Gasteiger partial charge is 0.138 e. The molecule has 4 heteroatoms. The molecule has 4 nitrogen and oxygen atoms in total. The lowest BCUT2D eigenvalue weighted by atomic mass is 10.1. The van der Waals surface area contributed by atoms with Gasteiger partial charge in [0.05, 0.1) is 5.69 Å². The summed E-state index contributed by atoms with van der Waals surface area (Å²) < 4.78 is 11.2. The number of aryl methyl sites for hydroxylation is 2. The quantitative estimate of drug-likeness (QED) is 0.929. The van der Waals surface area contributed by atoms with Crippen LogP contribution in [0.2, 0.25) is 0 Å². The highest BCUT2D eigenvalue weighted by molar-refractivity contribution is 5.37. The number of nitrogens with one attached hydrogen (secondary N) is 1. The fourth-order valence-corrected chi connectivity index (χ4v) is 2.89. The molecule has 2 heterocycles. The summed E-state index contributed by atoms with van der Waals surface area (Å²) in [6.45, 7) is 6.88. The van der Waals surface area contributed by atoms with E-state index in [1.54, 1.807) is 0 Å². The third-order valence-corrected chi connectivity index (χ3v) is 3.89. The van der Waals surface area contributed by atoms with E-state index in [1.165, 1.54) is 5.56 Å². The topological polar surface area (TPSA) is 47.3 Å². The lowest BCUT2D eigenvalue weighted by Crippen LogP contribution is -2.32. The molecule has 0 bridgehead atoms. The highest BCUT2D eigenvalue weighted by atomic mass is 16.5. The molecule has 2 aromatic rings. The Kier molecular flexibility index (Phi) is 3.49. The van der Waals surface area contributed by atoms with Gasteiger partial charge in [-0.2, -0.15) is 0 Å². The molecular weight excluding hydrogens is 252 g/mol. The number of rotatable bonds is 4. The van der Waals surface area contributed by atoms with E-state index in [2.05, 4.69) is 29.5 Å². The van der Waals surface area contributed by atoms with Crippen molar-refractivity contribution in [3.8, 4) is 5.75 Å². The zero-order valence-electron chi connectivity index (χ0n) is 12.1. The minimum atomic E-state index is 0.204. The molecule has 2 atom stereocenters. The van der Waals surface area contributed by atoms with E-state index < -0.39 is 0 Å². The maximum Gasteiger partial charge on any atom is 0.138 e. The van der Waals surface area contributed by atoms with Crippen LogP contribution in [0.15, 0.2) is 28.8 Å². The molecule has 0 aliphatic carbocycles. The largest absolute Gasteiger partial charge is 0.488 e. The van der Waals surface area contributed by atoms with Crippen molar-refractivity contribution in [2.45, 2.75) is 39.3 Å². The van der Waals surface area contributed by atoms with Crippen molar-refractivity contribution >= 4 is 0 Å². The molecule has 1 N–H and O–H groups in total. The van der Waals surface area contributed by atoms with E-state index >= 15 is 0 Å². The molecule has 1 aromatic carbocycles. The summed E-state index contributed by atoms with van der Waals surface area (Å²) in [6, 6.07) is 8.46. The first-order valence-corrected chi connectivity index (χ1v) is 7.06. The van der Waals surface area contributed by atoms with E-state index in [0.29, 0.717) is 0 Å². The Balaban J connectivity index is 1.59. The van der Waals surface area contributed by atoms with Crippen molar-refractivity contribution in [2.24, 2.45) is 0 Å². The summed E-state index contributed by atoms with van der Waals surface area (Å²) in [5.74, 6) is 1.91. The van der Waals surface area contributed by atoms with Gasteiger partial charge >= 0.3 is 0 Å². The van der Waals surface area contributed by atoms with Gasteiger partial charge in [0, 0.05) is 24.6 Å². The van der Waals surface area contributed by atoms with Crippen LogP contribution in [0.3, 0.4) is 0 Å². The first-order valence-electron chi connectivity index (χ1n) is 7.06. The lowest BCUT2D eigenvalue weighted by molar-refractivity contribution is 0.222. The molecule has 20 heavy (non-hydrogen) atoms. The molecule has 1 aromatic heterocycles. The average molecular weight is 272 g/mol. The molecule has 3 rings (SSSR count). The van der Waals surface area contributed by atoms with Crippen LogP contribution in [-0.4, -0.2) is 17.8 Å². The van der Waals surface area contributed by atoms with Gasteiger partial charge in [0.2, 0.25) is 0 Å². The van der Waals surface area contributed by atoms with Crippen LogP contribution in [-0.2, 0) is 6.42 Å². The number of ether oxygens (including phenoxy) is 1. The molecule has 1 aliphatic rings. The predicted octanol–water partition coefficient (Wildman–Crippen LogP) is 2.95. The molecule has 0 saturated carbocycles. The summed E-state index contributed by atoms with van der Waals surface area (Å²) in [5, 5.41) is 7.52. The van der Waals surface area contributed by atoms with E-state index in [1.807, 2.05) is 26.0 Å². The minimum Gasteiger partial charge on any atom is -0.488 e. The molecule has 0 amide bonds. The Morgan fingerprint density at radius 2 is 2.15 bits per heavy atom. The molecule has 2 unspecified atom stereocenters. The van der Waals surface area contributed by atoms with Crippen LogP contribution in [0.4, 0.5) is 0 Å². The van der Waals surface area contributed by atoms with E-state index in [0.717, 1.165) is 35.7 Å². The number of hydrogen-bond donors (Lipinski definition) is 1. The molecule has 0 saturated heterocycles. The van der Waals surface area contributed by atoms with Gasteiger partial charge in [-0.15, -0.1) is 0 Å². The van der Waals surface area contributed by atoms with Crippen molar-refractivity contribution in [3.63, 3.8) is 0 Å². The highest BCUT2D eigenvalue weighted by Crippen LogP contribution is 2.28. The third-order valence-electron chi connectivity index (χ3n) is 3.89. The summed E-state index contributed by atoms with van der Waals surface area (Å²) in [6.07, 6.45) is 1.17. The molecule has 0 spiro atoms. The van der Waals surface area contributed by atoms with Crippen LogP contribution >= 0.6 is 0 Å². The monoisotopic (exact) mass is 272 g/mol. The molecule has 1 aliphatic heterocycles. The van der Waals surface area contributed by atoms with Crippen molar-refractivity contribution in [3.05, 3.63) is 46.8 Å². The summed E-state index contributed by atoms with van der Waals surface area (Å²) >= 11 is 0. The van der Waals surface area contributed by atoms with Gasteiger partial charge in [-0.3, -0.25) is 0 Å². The number of nitrogens with zero attached hydrogens (tertiary/aromatic N) is 1. The van der Waals surface area contributed by atoms with Gasteiger partial charge in [0.15, 0.2) is 0 Å². The molecule has 0 radical (unpaired) electrons. The zero-order chi connectivity index (χ0) is 14.1. The number of benzene rings is 1. The Hall–Kier alpha value is -1.81. The van der Waals surface area contributed by atoms with Crippen LogP contribution in [0, 0.1) is 13.8 Å². The van der Waals surface area contributed by atoms with Gasteiger partial charge in [-0.05, 0) is 32.4 Å². The van der Waals surface area contributed by atoms with Gasteiger partial charge < -0.3 is 14.6 Å². The van der Waals surface area contributed by atoms with Gasteiger partial charge in [0.1, 0.15) is 17.6 Å². The predicted molar refractivity (Wildman–Crippen MR) is 77.0 cm³/mol. The molecular formula is C16H20N2O2. The first-order chi connectivity index (χ1) is 9.65. The van der Waals surface area contributed by atoms with Gasteiger partial charge in [-0.1, -0.05) is 23.4 Å². The van der Waals surface area contributed by atoms with Crippen LogP contribution in [0.5, 0.6) is 5.75 Å². The Morgan fingerprint density at radius 3 is 2.85 bits per heavy atom. The Morgan fingerprint density at radius 1 is 1.35 bits per heavy atom. The maximum absolute atomic E-state index is 5.93. The SMILES string of the molecule is Cc1noc(C)c1C(C)NCC1Cc2ccccc2O1. The number of hydrogen-bond acceptors (Lipinski definition) is 4. The Labute approximate surface area is 119 Å². The second kappa shape index (κ2) is 5.29. The fourth-order valence-electron chi connectivity index (χ4n) is 2.89. The van der Waals surface area contributed by atoms with Crippen molar-refractivity contribution in [1.29, 1.82) is 0 Å². The van der Waals surface area contributed by atoms with Crippen LogP contribution in [0.1, 0.15) is 35.5 Å². The molecule has 106 valence electrons. The summed E-state index contributed by atoms with van der Waals surface area (Å²) in [7, 11) is 0. The van der Waals surface area contributed by atoms with E-state index in [4.69, 9.17) is 9.26 Å². The fraction of sp³-hybridized carbons (Fsp3) is 0.438. The number of para-hydroxylation sites is 1. The van der Waals surface area contributed by atoms with E-state index in [-0.39, 0.29) is 12.1 Å². The highest BCUT2D eigenvalue weighted by Gasteiger charge is 2.23. The number of aromatic nitrogens is 1. The molecule has 0 fully saturated rings. The van der Waals surface area contributed by atoms with Crippen LogP contribution < -0.4 is 10.1 Å². The first kappa shape index (κ1) is 13.2. The van der Waals surface area contributed by atoms with Crippen molar-refractivity contribution in [1.82, 2.24) is 10.5 Å². The lowest BCUT2D eigenvalue weighted by Gasteiger charge is -2.17. The van der Waals surface area contributed by atoms with Gasteiger partial charge in [0.25, 0.3) is 0 Å². The summed E-state index contributed by atoms with van der Waals surface area (Å²) in [4.78, 5) is 0. The third kappa shape index (κ3) is 2.43. The van der Waals surface area contributed by atoms with E-state index in [9.17, 15) is 0 Å². The minimum absolute atomic E-state index is 0.204. The Bertz CT molecular complexity index is 562. The standard InChI is InChI=1S/C16H20N2O2/c1-10(16-11(2)18-20-12(16)3)17-9-14-8-13-6-4-5-7-15(13)19-14/h4-7,10,14,17H,8-9H2,1-3H3. The second-order valence-corrected chi connectivity index (χ2v) is 5.42. The summed E-state index contributed by atoms with van der Waals surface area (Å²) in [5.41, 5.74) is 3.41.